The van der Waals surface area contributed by atoms with E-state index in [0.29, 0.717) is 0 Å². The first kappa shape index (κ1) is 9.43. The maximum absolute atomic E-state index is 10.2. The van der Waals surface area contributed by atoms with Gasteiger partial charge in [-0.3, -0.25) is 0 Å². The fraction of sp³-hybridized carbons (Fsp3) is 0.333. The Kier molecular flexibility index (Phi) is 1.80. The molecule has 1 aliphatic rings. The number of rotatable bonds is 1. The second-order valence-corrected chi connectivity index (χ2v) is 5.17. The molecule has 0 aliphatic heterocycles. The van der Waals surface area contributed by atoms with Gasteiger partial charge < -0.3 is 9.67 Å². The summed E-state index contributed by atoms with van der Waals surface area (Å²) in [6.45, 7) is 0. The lowest BCUT2D eigenvalue weighted by molar-refractivity contribution is 0.153. The molecule has 0 atom stereocenters. The Bertz CT molecular complexity index is 540. The highest BCUT2D eigenvalue weighted by Crippen LogP contribution is 2.49. The van der Waals surface area contributed by atoms with Gasteiger partial charge in [0.25, 0.3) is 0 Å². The zero-order chi connectivity index (χ0) is 10.6. The number of hydrogen-bond donors (Lipinski definition) is 1. The molecule has 1 saturated carbocycles. The van der Waals surface area contributed by atoms with E-state index >= 15 is 0 Å². The van der Waals surface area contributed by atoms with Crippen molar-refractivity contribution in [3.63, 3.8) is 0 Å². The molecule has 1 heterocycles. The lowest BCUT2D eigenvalue weighted by atomic mass is 10.0. The van der Waals surface area contributed by atoms with E-state index in [4.69, 9.17) is 0 Å². The van der Waals surface area contributed by atoms with Gasteiger partial charge >= 0.3 is 0 Å². The topological polar surface area (TPSA) is 25.2 Å². The van der Waals surface area contributed by atoms with Gasteiger partial charge in [-0.1, -0.05) is 12.1 Å². The van der Waals surface area contributed by atoms with Crippen molar-refractivity contribution in [1.29, 1.82) is 0 Å². The number of aliphatic hydroxyl groups is 1. The van der Waals surface area contributed by atoms with E-state index in [1.807, 2.05) is 25.4 Å². The zero-order valence-corrected chi connectivity index (χ0v) is 10.1. The van der Waals surface area contributed by atoms with E-state index < -0.39 is 5.60 Å². The Morgan fingerprint density at radius 2 is 2.13 bits per heavy atom. The van der Waals surface area contributed by atoms with E-state index in [1.54, 1.807) is 0 Å². The summed E-state index contributed by atoms with van der Waals surface area (Å²) in [6, 6.07) is 6.12. The van der Waals surface area contributed by atoms with Crippen LogP contribution in [0.15, 0.2) is 28.9 Å². The second-order valence-electron chi connectivity index (χ2n) is 4.32. The van der Waals surface area contributed by atoms with Crippen molar-refractivity contribution in [2.75, 3.05) is 0 Å². The average Bonchev–Trinajstić information content (AvgIpc) is 2.89. The van der Waals surface area contributed by atoms with E-state index in [2.05, 4.69) is 26.6 Å². The van der Waals surface area contributed by atoms with Crippen molar-refractivity contribution in [2.24, 2.45) is 7.05 Å². The van der Waals surface area contributed by atoms with Crippen LogP contribution in [0.1, 0.15) is 18.4 Å². The fourth-order valence-electron chi connectivity index (χ4n) is 2.16. The third kappa shape index (κ3) is 1.26. The Morgan fingerprint density at radius 1 is 1.40 bits per heavy atom. The molecular formula is C12H12BrNO. The number of hydrogen-bond acceptors (Lipinski definition) is 1. The SMILES string of the molecule is Cn1cc(Br)c2c(C3(O)CC3)cccc21. The summed E-state index contributed by atoms with van der Waals surface area (Å²) in [4.78, 5) is 0. The summed E-state index contributed by atoms with van der Waals surface area (Å²) < 4.78 is 3.14. The molecule has 0 bridgehead atoms. The van der Waals surface area contributed by atoms with Gasteiger partial charge in [0.2, 0.25) is 0 Å². The van der Waals surface area contributed by atoms with Crippen LogP contribution in [0.3, 0.4) is 0 Å². The van der Waals surface area contributed by atoms with Gasteiger partial charge in [0, 0.05) is 28.6 Å². The fourth-order valence-corrected chi connectivity index (χ4v) is 2.89. The molecule has 78 valence electrons. The molecular weight excluding hydrogens is 254 g/mol. The predicted octanol–water partition coefficient (Wildman–Crippen LogP) is 2.92. The summed E-state index contributed by atoms with van der Waals surface area (Å²) >= 11 is 3.56. The maximum atomic E-state index is 10.2. The van der Waals surface area contributed by atoms with Crippen molar-refractivity contribution in [2.45, 2.75) is 18.4 Å². The zero-order valence-electron chi connectivity index (χ0n) is 8.50. The van der Waals surface area contributed by atoms with Crippen LogP contribution in [0.25, 0.3) is 10.9 Å². The summed E-state index contributed by atoms with van der Waals surface area (Å²) in [7, 11) is 2.02. The highest BCUT2D eigenvalue weighted by atomic mass is 79.9. The Labute approximate surface area is 96.6 Å². The van der Waals surface area contributed by atoms with E-state index in [0.717, 1.165) is 28.3 Å². The van der Waals surface area contributed by atoms with Crippen molar-refractivity contribution in [3.05, 3.63) is 34.4 Å². The van der Waals surface area contributed by atoms with Gasteiger partial charge in [0.15, 0.2) is 0 Å². The molecule has 1 aliphatic carbocycles. The molecule has 1 fully saturated rings. The Morgan fingerprint density at radius 3 is 2.80 bits per heavy atom. The monoisotopic (exact) mass is 265 g/mol. The van der Waals surface area contributed by atoms with Crippen LogP contribution < -0.4 is 0 Å². The standard InChI is InChI=1S/C12H12BrNO/c1-14-7-9(13)11-8(12(15)5-6-12)3-2-4-10(11)14/h2-4,7,15H,5-6H2,1H3. The molecule has 0 unspecified atom stereocenters. The number of benzene rings is 1. The first-order valence-electron chi connectivity index (χ1n) is 5.08. The summed E-state index contributed by atoms with van der Waals surface area (Å²) in [6.07, 6.45) is 3.81. The average molecular weight is 266 g/mol. The van der Waals surface area contributed by atoms with Gasteiger partial charge in [-0.25, -0.2) is 0 Å². The molecule has 0 radical (unpaired) electrons. The van der Waals surface area contributed by atoms with Crippen molar-refractivity contribution in [3.8, 4) is 0 Å². The number of aryl methyl sites for hydroxylation is 1. The molecule has 3 rings (SSSR count). The van der Waals surface area contributed by atoms with Crippen molar-refractivity contribution >= 4 is 26.8 Å². The quantitative estimate of drug-likeness (QED) is 0.843. The largest absolute Gasteiger partial charge is 0.385 e. The molecule has 1 N–H and O–H groups in total. The van der Waals surface area contributed by atoms with Crippen molar-refractivity contribution in [1.82, 2.24) is 4.57 Å². The first-order chi connectivity index (χ1) is 7.12. The summed E-state index contributed by atoms with van der Waals surface area (Å²) in [5.74, 6) is 0. The van der Waals surface area contributed by atoms with Crippen LogP contribution in [0.5, 0.6) is 0 Å². The van der Waals surface area contributed by atoms with Crippen LogP contribution in [-0.2, 0) is 12.6 Å². The first-order valence-corrected chi connectivity index (χ1v) is 5.87. The Balaban J connectivity index is 2.39. The number of nitrogens with zero attached hydrogens (tertiary/aromatic N) is 1. The van der Waals surface area contributed by atoms with Crippen molar-refractivity contribution < 1.29 is 5.11 Å². The molecule has 15 heavy (non-hydrogen) atoms. The molecule has 0 amide bonds. The van der Waals surface area contributed by atoms with Gasteiger partial charge in [-0.2, -0.15) is 0 Å². The van der Waals surface area contributed by atoms with Gasteiger partial charge in [0.1, 0.15) is 0 Å². The van der Waals surface area contributed by atoms with E-state index in [1.165, 1.54) is 5.52 Å². The third-order valence-corrected chi connectivity index (χ3v) is 3.79. The summed E-state index contributed by atoms with van der Waals surface area (Å²) in [5.41, 5.74) is 1.66. The smallest absolute Gasteiger partial charge is 0.0905 e. The molecule has 0 spiro atoms. The van der Waals surface area contributed by atoms with Gasteiger partial charge in [-0.05, 0) is 40.4 Å². The van der Waals surface area contributed by atoms with Crippen LogP contribution in [0, 0.1) is 0 Å². The van der Waals surface area contributed by atoms with E-state index in [9.17, 15) is 5.11 Å². The molecule has 1 aromatic heterocycles. The minimum Gasteiger partial charge on any atom is -0.385 e. The minimum atomic E-state index is -0.566. The highest BCUT2D eigenvalue weighted by molar-refractivity contribution is 9.10. The number of fused-ring (bicyclic) bond motifs is 1. The van der Waals surface area contributed by atoms with E-state index in [-0.39, 0.29) is 0 Å². The van der Waals surface area contributed by atoms with Gasteiger partial charge in [-0.15, -0.1) is 0 Å². The molecule has 3 heteroatoms. The highest BCUT2D eigenvalue weighted by Gasteiger charge is 2.43. The molecule has 1 aromatic carbocycles. The van der Waals surface area contributed by atoms with Crippen LogP contribution in [0.4, 0.5) is 0 Å². The molecule has 2 nitrogen and oxygen atoms in total. The predicted molar refractivity (Wildman–Crippen MR) is 63.7 cm³/mol. The lowest BCUT2D eigenvalue weighted by Gasteiger charge is -2.10. The second kappa shape index (κ2) is 2.86. The van der Waals surface area contributed by atoms with Crippen LogP contribution in [0.2, 0.25) is 0 Å². The molecule has 2 aromatic rings. The van der Waals surface area contributed by atoms with Crippen LogP contribution in [-0.4, -0.2) is 9.67 Å². The molecule has 0 saturated heterocycles. The number of halogens is 1. The lowest BCUT2D eigenvalue weighted by Crippen LogP contribution is -2.04. The van der Waals surface area contributed by atoms with Gasteiger partial charge in [0.05, 0.1) is 5.60 Å². The number of aromatic nitrogens is 1. The van der Waals surface area contributed by atoms with Crippen LogP contribution >= 0.6 is 15.9 Å². The third-order valence-electron chi connectivity index (χ3n) is 3.19. The normalized spacial score (nSPS) is 18.3. The maximum Gasteiger partial charge on any atom is 0.0905 e. The summed E-state index contributed by atoms with van der Waals surface area (Å²) in [5, 5.41) is 11.4. The Hall–Kier alpha value is -0.800. The minimum absolute atomic E-state index is 0.566.